The van der Waals surface area contributed by atoms with Crippen molar-refractivity contribution in [2.24, 2.45) is 5.92 Å². The molecule has 0 fully saturated rings. The van der Waals surface area contributed by atoms with Gasteiger partial charge in [0.1, 0.15) is 11.2 Å². The number of carbonyl (C=O) groups excluding carboxylic acids is 1. The van der Waals surface area contributed by atoms with Gasteiger partial charge < -0.3 is 0 Å². The Bertz CT molecular complexity index is 891. The number of nitrogens with zero attached hydrogens (tertiary/aromatic N) is 2. The van der Waals surface area contributed by atoms with Crippen molar-refractivity contribution in [1.82, 2.24) is 15.4 Å². The van der Waals surface area contributed by atoms with Gasteiger partial charge in [-0.05, 0) is 42.9 Å². The van der Waals surface area contributed by atoms with Crippen LogP contribution < -0.4 is 10.9 Å². The SMILES string of the molecule is CC1CCc2c(sc3ncnc(NNC(=O)c4ccccc4)c23)C1. The molecule has 2 N–H and O–H groups in total. The van der Waals surface area contributed by atoms with E-state index in [0.29, 0.717) is 17.3 Å². The van der Waals surface area contributed by atoms with E-state index in [-0.39, 0.29) is 5.91 Å². The van der Waals surface area contributed by atoms with E-state index in [1.54, 1.807) is 29.8 Å². The Morgan fingerprint density at radius 2 is 2.08 bits per heavy atom. The highest BCUT2D eigenvalue weighted by Crippen LogP contribution is 2.39. The van der Waals surface area contributed by atoms with E-state index in [9.17, 15) is 4.79 Å². The summed E-state index contributed by atoms with van der Waals surface area (Å²) in [5, 5.41) is 1.05. The van der Waals surface area contributed by atoms with Crippen molar-refractivity contribution in [3.63, 3.8) is 0 Å². The van der Waals surface area contributed by atoms with Gasteiger partial charge in [0, 0.05) is 10.4 Å². The fourth-order valence-corrected chi connectivity index (χ4v) is 4.50. The van der Waals surface area contributed by atoms with Crippen molar-refractivity contribution in [1.29, 1.82) is 0 Å². The maximum Gasteiger partial charge on any atom is 0.269 e. The third kappa shape index (κ3) is 2.73. The Kier molecular flexibility index (Phi) is 3.90. The fourth-order valence-electron chi connectivity index (χ4n) is 3.15. The number of nitrogens with one attached hydrogen (secondary N) is 2. The Balaban J connectivity index is 1.62. The number of anilines is 1. The third-order valence-corrected chi connectivity index (χ3v) is 5.58. The number of hydrogen-bond acceptors (Lipinski definition) is 5. The van der Waals surface area contributed by atoms with Crippen molar-refractivity contribution >= 4 is 33.3 Å². The topological polar surface area (TPSA) is 66.9 Å². The van der Waals surface area contributed by atoms with Gasteiger partial charge in [0.25, 0.3) is 5.91 Å². The van der Waals surface area contributed by atoms with Crippen molar-refractivity contribution in [3.05, 3.63) is 52.7 Å². The number of amides is 1. The summed E-state index contributed by atoms with van der Waals surface area (Å²) in [6.07, 6.45) is 4.88. The van der Waals surface area contributed by atoms with Crippen molar-refractivity contribution in [2.75, 3.05) is 5.43 Å². The average molecular weight is 338 g/mol. The molecule has 6 heteroatoms. The van der Waals surface area contributed by atoms with Crippen LogP contribution in [-0.2, 0) is 12.8 Å². The molecule has 24 heavy (non-hydrogen) atoms. The first-order valence-corrected chi connectivity index (χ1v) is 8.90. The summed E-state index contributed by atoms with van der Waals surface area (Å²) in [5.74, 6) is 1.21. The number of aromatic nitrogens is 2. The first-order valence-electron chi connectivity index (χ1n) is 8.09. The molecular weight excluding hydrogens is 320 g/mol. The molecular formula is C18H18N4OS. The molecule has 0 bridgehead atoms. The molecule has 1 aliphatic carbocycles. The number of hydrazine groups is 1. The Hall–Kier alpha value is -2.47. The largest absolute Gasteiger partial charge is 0.281 e. The molecule has 0 aliphatic heterocycles. The van der Waals surface area contributed by atoms with Gasteiger partial charge in [0.05, 0.1) is 5.39 Å². The Morgan fingerprint density at radius 3 is 2.92 bits per heavy atom. The van der Waals surface area contributed by atoms with Gasteiger partial charge in [-0.2, -0.15) is 0 Å². The molecule has 0 radical (unpaired) electrons. The summed E-state index contributed by atoms with van der Waals surface area (Å²) in [6, 6.07) is 9.13. The fraction of sp³-hybridized carbons (Fsp3) is 0.278. The van der Waals surface area contributed by atoms with Crippen LogP contribution in [0.1, 0.15) is 34.1 Å². The van der Waals surface area contributed by atoms with E-state index in [1.807, 2.05) is 18.2 Å². The first-order chi connectivity index (χ1) is 11.7. The standard InChI is InChI=1S/C18H18N4OS/c1-11-7-8-13-14(9-11)24-18-15(13)16(19-10-20-18)21-22-17(23)12-5-3-2-4-6-12/h2-6,10-11H,7-9H2,1H3,(H,22,23)(H,19,20,21). The van der Waals surface area contributed by atoms with Gasteiger partial charge in [-0.3, -0.25) is 15.6 Å². The maximum atomic E-state index is 12.2. The third-order valence-electron chi connectivity index (χ3n) is 4.42. The van der Waals surface area contributed by atoms with Crippen LogP contribution in [0, 0.1) is 5.92 Å². The Morgan fingerprint density at radius 1 is 1.25 bits per heavy atom. The molecule has 0 saturated heterocycles. The smallest absolute Gasteiger partial charge is 0.269 e. The van der Waals surface area contributed by atoms with Crippen LogP contribution in [0.3, 0.4) is 0 Å². The summed E-state index contributed by atoms with van der Waals surface area (Å²) in [4.78, 5) is 23.4. The van der Waals surface area contributed by atoms with Crippen LogP contribution >= 0.6 is 11.3 Å². The zero-order valence-corrected chi connectivity index (χ0v) is 14.2. The lowest BCUT2D eigenvalue weighted by molar-refractivity contribution is 0.0962. The van der Waals surface area contributed by atoms with E-state index >= 15 is 0 Å². The van der Waals surface area contributed by atoms with Gasteiger partial charge in [-0.25, -0.2) is 9.97 Å². The second-order valence-corrected chi connectivity index (χ2v) is 7.28. The Labute approximate surface area is 144 Å². The summed E-state index contributed by atoms with van der Waals surface area (Å²) in [7, 11) is 0. The summed E-state index contributed by atoms with van der Waals surface area (Å²) >= 11 is 1.74. The van der Waals surface area contributed by atoms with E-state index in [4.69, 9.17) is 0 Å². The summed E-state index contributed by atoms with van der Waals surface area (Å²) in [5.41, 5.74) is 7.67. The second-order valence-electron chi connectivity index (χ2n) is 6.20. The van der Waals surface area contributed by atoms with Gasteiger partial charge in [0.15, 0.2) is 5.82 Å². The molecule has 5 nitrogen and oxygen atoms in total. The molecule has 2 aromatic heterocycles. The number of carbonyl (C=O) groups is 1. The lowest BCUT2D eigenvalue weighted by Crippen LogP contribution is -2.30. The molecule has 3 aromatic rings. The van der Waals surface area contributed by atoms with Crippen LogP contribution in [0.25, 0.3) is 10.2 Å². The lowest BCUT2D eigenvalue weighted by atomic mass is 9.89. The number of thiophene rings is 1. The molecule has 122 valence electrons. The molecule has 1 aliphatic rings. The minimum absolute atomic E-state index is 0.180. The van der Waals surface area contributed by atoms with Gasteiger partial charge in [0.2, 0.25) is 0 Å². The van der Waals surface area contributed by atoms with E-state index < -0.39 is 0 Å². The maximum absolute atomic E-state index is 12.2. The normalized spacial score (nSPS) is 16.6. The van der Waals surface area contributed by atoms with E-state index in [1.165, 1.54) is 16.9 Å². The highest BCUT2D eigenvalue weighted by molar-refractivity contribution is 7.19. The van der Waals surface area contributed by atoms with Crippen LogP contribution in [0.4, 0.5) is 5.82 Å². The highest BCUT2D eigenvalue weighted by atomic mass is 32.1. The second kappa shape index (κ2) is 6.20. The first kappa shape index (κ1) is 15.1. The van der Waals surface area contributed by atoms with Crippen LogP contribution in [0.2, 0.25) is 0 Å². The molecule has 0 saturated carbocycles. The lowest BCUT2D eigenvalue weighted by Gasteiger charge is -2.18. The predicted molar refractivity (Wildman–Crippen MR) is 96.1 cm³/mol. The van der Waals surface area contributed by atoms with Crippen molar-refractivity contribution in [2.45, 2.75) is 26.2 Å². The molecule has 2 heterocycles. The van der Waals surface area contributed by atoms with Gasteiger partial charge in [-0.1, -0.05) is 25.1 Å². The molecule has 4 rings (SSSR count). The van der Waals surface area contributed by atoms with Crippen LogP contribution in [0.5, 0.6) is 0 Å². The minimum Gasteiger partial charge on any atom is -0.281 e. The summed E-state index contributed by atoms with van der Waals surface area (Å²) in [6.45, 7) is 2.29. The molecule has 1 atom stereocenters. The number of fused-ring (bicyclic) bond motifs is 3. The zero-order valence-electron chi connectivity index (χ0n) is 13.4. The summed E-state index contributed by atoms with van der Waals surface area (Å²) < 4.78 is 0. The van der Waals surface area contributed by atoms with Crippen LogP contribution in [-0.4, -0.2) is 15.9 Å². The minimum atomic E-state index is -0.180. The highest BCUT2D eigenvalue weighted by Gasteiger charge is 2.23. The van der Waals surface area contributed by atoms with Crippen molar-refractivity contribution < 1.29 is 4.79 Å². The molecule has 0 spiro atoms. The number of rotatable bonds is 3. The molecule has 1 unspecified atom stereocenters. The molecule has 1 amide bonds. The monoisotopic (exact) mass is 338 g/mol. The number of aryl methyl sites for hydroxylation is 1. The van der Waals surface area contributed by atoms with Gasteiger partial charge >= 0.3 is 0 Å². The number of hydrogen-bond donors (Lipinski definition) is 2. The molecule has 1 aromatic carbocycles. The number of benzene rings is 1. The zero-order chi connectivity index (χ0) is 16.5. The van der Waals surface area contributed by atoms with Gasteiger partial charge in [-0.15, -0.1) is 11.3 Å². The van der Waals surface area contributed by atoms with E-state index in [2.05, 4.69) is 27.7 Å². The quantitative estimate of drug-likeness (QED) is 0.717. The van der Waals surface area contributed by atoms with Crippen molar-refractivity contribution in [3.8, 4) is 0 Å². The van der Waals surface area contributed by atoms with Crippen LogP contribution in [0.15, 0.2) is 36.7 Å². The van der Waals surface area contributed by atoms with E-state index in [0.717, 1.165) is 23.1 Å². The average Bonchev–Trinajstić information content (AvgIpc) is 2.98. The predicted octanol–water partition coefficient (Wildman–Crippen LogP) is 3.57.